The van der Waals surface area contributed by atoms with E-state index in [1.807, 2.05) is 21.7 Å². The van der Waals surface area contributed by atoms with Crippen LogP contribution in [0, 0.1) is 5.92 Å². The number of carboxylic acid groups (broad SMARTS) is 1. The molecular formula is C11H11N3O3S. The van der Waals surface area contributed by atoms with Crippen molar-refractivity contribution in [1.82, 2.24) is 15.0 Å². The molecule has 94 valence electrons. The van der Waals surface area contributed by atoms with Crippen LogP contribution >= 0.6 is 11.3 Å². The molecule has 18 heavy (non-hydrogen) atoms. The highest BCUT2D eigenvalue weighted by atomic mass is 32.1. The zero-order valence-corrected chi connectivity index (χ0v) is 10.3. The van der Waals surface area contributed by atoms with Gasteiger partial charge in [0.2, 0.25) is 11.7 Å². The molecule has 0 saturated carbocycles. The molecular weight excluding hydrogens is 254 g/mol. The van der Waals surface area contributed by atoms with Crippen LogP contribution < -0.4 is 0 Å². The summed E-state index contributed by atoms with van der Waals surface area (Å²) in [7, 11) is 0. The SMILES string of the molecule is O=C(O)C1CN(Cc2nc(-c3ccsc3)no2)C1. The van der Waals surface area contributed by atoms with Crippen molar-refractivity contribution >= 4 is 17.3 Å². The summed E-state index contributed by atoms with van der Waals surface area (Å²) in [5, 5.41) is 16.6. The van der Waals surface area contributed by atoms with E-state index >= 15 is 0 Å². The van der Waals surface area contributed by atoms with E-state index in [9.17, 15) is 4.79 Å². The molecule has 3 rings (SSSR count). The maximum absolute atomic E-state index is 10.7. The minimum absolute atomic E-state index is 0.260. The Hall–Kier alpha value is -1.73. The van der Waals surface area contributed by atoms with Crippen molar-refractivity contribution in [2.24, 2.45) is 5.92 Å². The number of thiophene rings is 1. The molecule has 1 aliphatic heterocycles. The second-order valence-electron chi connectivity index (χ2n) is 4.25. The monoisotopic (exact) mass is 265 g/mol. The van der Waals surface area contributed by atoms with Crippen LogP contribution in [-0.2, 0) is 11.3 Å². The largest absolute Gasteiger partial charge is 0.481 e. The lowest BCUT2D eigenvalue weighted by atomic mass is 10.0. The van der Waals surface area contributed by atoms with Gasteiger partial charge in [0, 0.05) is 24.0 Å². The molecule has 0 atom stereocenters. The van der Waals surface area contributed by atoms with Gasteiger partial charge in [-0.3, -0.25) is 9.69 Å². The van der Waals surface area contributed by atoms with Gasteiger partial charge in [0.25, 0.3) is 0 Å². The van der Waals surface area contributed by atoms with Crippen LogP contribution in [0.4, 0.5) is 0 Å². The van der Waals surface area contributed by atoms with Gasteiger partial charge in [0.1, 0.15) is 0 Å². The van der Waals surface area contributed by atoms with Crippen LogP contribution in [0.1, 0.15) is 5.89 Å². The summed E-state index contributed by atoms with van der Waals surface area (Å²) >= 11 is 1.58. The Labute approximate surface area is 107 Å². The molecule has 1 fully saturated rings. The molecule has 0 unspecified atom stereocenters. The summed E-state index contributed by atoms with van der Waals surface area (Å²) in [6, 6.07) is 1.93. The van der Waals surface area contributed by atoms with Crippen molar-refractivity contribution in [3.63, 3.8) is 0 Å². The predicted octanol–water partition coefficient (Wildman–Crippen LogP) is 1.31. The molecule has 0 aliphatic carbocycles. The lowest BCUT2D eigenvalue weighted by Crippen LogP contribution is -2.49. The molecule has 7 heteroatoms. The third-order valence-electron chi connectivity index (χ3n) is 2.91. The highest BCUT2D eigenvalue weighted by Gasteiger charge is 2.33. The molecule has 0 radical (unpaired) electrons. The average Bonchev–Trinajstić information content (AvgIpc) is 2.92. The minimum atomic E-state index is -0.740. The molecule has 0 amide bonds. The molecule has 2 aromatic rings. The molecule has 1 saturated heterocycles. The highest BCUT2D eigenvalue weighted by Crippen LogP contribution is 2.21. The van der Waals surface area contributed by atoms with Gasteiger partial charge in [0.05, 0.1) is 12.5 Å². The van der Waals surface area contributed by atoms with Crippen molar-refractivity contribution in [3.8, 4) is 11.4 Å². The number of hydrogen-bond acceptors (Lipinski definition) is 6. The van der Waals surface area contributed by atoms with Crippen molar-refractivity contribution in [1.29, 1.82) is 0 Å². The normalized spacial score (nSPS) is 16.7. The fourth-order valence-corrected chi connectivity index (χ4v) is 2.51. The van der Waals surface area contributed by atoms with E-state index < -0.39 is 5.97 Å². The Morgan fingerprint density at radius 2 is 2.44 bits per heavy atom. The van der Waals surface area contributed by atoms with Crippen LogP contribution in [0.15, 0.2) is 21.3 Å². The Morgan fingerprint density at radius 3 is 3.11 bits per heavy atom. The number of carbonyl (C=O) groups is 1. The summed E-state index contributed by atoms with van der Waals surface area (Å²) in [6.45, 7) is 1.61. The van der Waals surface area contributed by atoms with Crippen molar-refractivity contribution in [3.05, 3.63) is 22.7 Å². The first kappa shape index (κ1) is 11.4. The van der Waals surface area contributed by atoms with Gasteiger partial charge in [-0.05, 0) is 11.4 Å². The molecule has 3 heterocycles. The van der Waals surface area contributed by atoms with Gasteiger partial charge in [-0.2, -0.15) is 16.3 Å². The molecule has 2 aromatic heterocycles. The predicted molar refractivity (Wildman–Crippen MR) is 64.0 cm³/mol. The summed E-state index contributed by atoms with van der Waals surface area (Å²) in [5.74, 6) is 0.113. The molecule has 6 nitrogen and oxygen atoms in total. The summed E-state index contributed by atoms with van der Waals surface area (Å²) in [5.41, 5.74) is 0.946. The third-order valence-corrected chi connectivity index (χ3v) is 3.60. The Kier molecular flexibility index (Phi) is 2.85. The smallest absolute Gasteiger partial charge is 0.309 e. The van der Waals surface area contributed by atoms with Crippen LogP contribution in [0.2, 0.25) is 0 Å². The number of hydrogen-bond donors (Lipinski definition) is 1. The molecule has 0 spiro atoms. The molecule has 0 aromatic carbocycles. The van der Waals surface area contributed by atoms with E-state index in [1.54, 1.807) is 11.3 Å². The first-order valence-corrected chi connectivity index (χ1v) is 6.47. The number of likely N-dealkylation sites (tertiary alicyclic amines) is 1. The lowest BCUT2D eigenvalue weighted by Gasteiger charge is -2.35. The van der Waals surface area contributed by atoms with E-state index in [4.69, 9.17) is 9.63 Å². The Morgan fingerprint density at radius 1 is 1.61 bits per heavy atom. The number of carboxylic acids is 1. The number of rotatable bonds is 4. The van der Waals surface area contributed by atoms with Crippen molar-refractivity contribution in [2.75, 3.05) is 13.1 Å². The second-order valence-corrected chi connectivity index (χ2v) is 5.03. The molecule has 1 N–H and O–H groups in total. The number of aliphatic carboxylic acids is 1. The van der Waals surface area contributed by atoms with Crippen molar-refractivity contribution in [2.45, 2.75) is 6.54 Å². The molecule has 0 bridgehead atoms. The van der Waals surface area contributed by atoms with Crippen molar-refractivity contribution < 1.29 is 14.4 Å². The standard InChI is InChI=1S/C11H11N3O3S/c15-11(16)8-3-14(4-8)5-9-12-10(13-17-9)7-1-2-18-6-7/h1-2,6,8H,3-5H2,(H,15,16). The average molecular weight is 265 g/mol. The molecule has 1 aliphatic rings. The first-order valence-electron chi connectivity index (χ1n) is 5.52. The van der Waals surface area contributed by atoms with Crippen LogP contribution in [0.25, 0.3) is 11.4 Å². The zero-order valence-electron chi connectivity index (χ0n) is 9.44. The Bertz CT molecular complexity index is 546. The highest BCUT2D eigenvalue weighted by molar-refractivity contribution is 7.08. The lowest BCUT2D eigenvalue weighted by molar-refractivity contribution is -0.147. The van der Waals surface area contributed by atoms with Gasteiger partial charge < -0.3 is 9.63 Å². The van der Waals surface area contributed by atoms with E-state index in [0.717, 1.165) is 5.56 Å². The fraction of sp³-hybridized carbons (Fsp3) is 0.364. The van der Waals surface area contributed by atoms with E-state index in [-0.39, 0.29) is 5.92 Å². The van der Waals surface area contributed by atoms with Crippen LogP contribution in [0.5, 0.6) is 0 Å². The van der Waals surface area contributed by atoms with Gasteiger partial charge in [-0.1, -0.05) is 5.16 Å². The van der Waals surface area contributed by atoms with Crippen LogP contribution in [-0.4, -0.2) is 39.2 Å². The fourth-order valence-electron chi connectivity index (χ4n) is 1.87. The van der Waals surface area contributed by atoms with Crippen LogP contribution in [0.3, 0.4) is 0 Å². The number of nitrogens with zero attached hydrogens (tertiary/aromatic N) is 3. The topological polar surface area (TPSA) is 79.5 Å². The van der Waals surface area contributed by atoms with E-state index in [1.165, 1.54) is 0 Å². The summed E-state index contributed by atoms with van der Waals surface area (Å²) in [4.78, 5) is 16.9. The zero-order chi connectivity index (χ0) is 12.5. The van der Waals surface area contributed by atoms with Gasteiger partial charge >= 0.3 is 5.97 Å². The van der Waals surface area contributed by atoms with Gasteiger partial charge in [0.15, 0.2) is 0 Å². The minimum Gasteiger partial charge on any atom is -0.481 e. The second kappa shape index (κ2) is 4.51. The summed E-state index contributed by atoms with van der Waals surface area (Å²) < 4.78 is 5.14. The van der Waals surface area contributed by atoms with E-state index in [2.05, 4.69) is 10.1 Å². The first-order chi connectivity index (χ1) is 8.72. The quantitative estimate of drug-likeness (QED) is 0.898. The third kappa shape index (κ3) is 2.14. The Balaban J connectivity index is 1.60. The van der Waals surface area contributed by atoms with Gasteiger partial charge in [-0.15, -0.1) is 0 Å². The summed E-state index contributed by atoms with van der Waals surface area (Å²) in [6.07, 6.45) is 0. The van der Waals surface area contributed by atoms with E-state index in [0.29, 0.717) is 31.3 Å². The van der Waals surface area contributed by atoms with Gasteiger partial charge in [-0.25, -0.2) is 0 Å². The maximum Gasteiger partial charge on any atom is 0.309 e. The number of aromatic nitrogens is 2. The maximum atomic E-state index is 10.7.